The van der Waals surface area contributed by atoms with E-state index in [0.717, 1.165) is 50.5 Å². The fourth-order valence-electron chi connectivity index (χ4n) is 4.70. The SMILES string of the molecule is COc1ccc(CN2CCC(C3Oc4ccccc4Cn4cccc43)CC2)cc1. The van der Waals surface area contributed by atoms with Crippen LogP contribution >= 0.6 is 0 Å². The predicted molar refractivity (Wildman–Crippen MR) is 114 cm³/mol. The number of benzene rings is 2. The van der Waals surface area contributed by atoms with E-state index in [1.54, 1.807) is 7.11 Å². The molecule has 0 bridgehead atoms. The minimum absolute atomic E-state index is 0.136. The Morgan fingerprint density at radius 1 is 0.966 bits per heavy atom. The summed E-state index contributed by atoms with van der Waals surface area (Å²) in [6, 6.07) is 21.3. The average Bonchev–Trinajstić information content (AvgIpc) is 3.16. The molecule has 0 aliphatic carbocycles. The summed E-state index contributed by atoms with van der Waals surface area (Å²) >= 11 is 0. The summed E-state index contributed by atoms with van der Waals surface area (Å²) in [5, 5.41) is 0. The lowest BCUT2D eigenvalue weighted by atomic mass is 9.89. The summed E-state index contributed by atoms with van der Waals surface area (Å²) in [6.07, 6.45) is 4.64. The number of piperidine rings is 1. The van der Waals surface area contributed by atoms with Crippen molar-refractivity contribution in [3.05, 3.63) is 83.7 Å². The first-order chi connectivity index (χ1) is 14.3. The molecule has 0 radical (unpaired) electrons. The van der Waals surface area contributed by atoms with Gasteiger partial charge in [0.1, 0.15) is 17.6 Å². The van der Waals surface area contributed by atoms with Gasteiger partial charge in [0.05, 0.1) is 19.3 Å². The Kier molecular flexibility index (Phi) is 5.03. The van der Waals surface area contributed by atoms with Crippen LogP contribution in [0, 0.1) is 5.92 Å². The van der Waals surface area contributed by atoms with Gasteiger partial charge in [0, 0.05) is 24.2 Å². The average molecular weight is 389 g/mol. The van der Waals surface area contributed by atoms with Gasteiger partial charge in [-0.3, -0.25) is 4.90 Å². The van der Waals surface area contributed by atoms with E-state index in [9.17, 15) is 0 Å². The number of ether oxygens (including phenoxy) is 2. The van der Waals surface area contributed by atoms with Crippen LogP contribution in [0.2, 0.25) is 0 Å². The number of likely N-dealkylation sites (tertiary alicyclic amines) is 1. The van der Waals surface area contributed by atoms with Crippen molar-refractivity contribution in [3.63, 3.8) is 0 Å². The van der Waals surface area contributed by atoms with E-state index < -0.39 is 0 Å². The van der Waals surface area contributed by atoms with Gasteiger partial charge >= 0.3 is 0 Å². The topological polar surface area (TPSA) is 26.6 Å². The molecule has 3 aromatic rings. The molecule has 4 heteroatoms. The number of rotatable bonds is 4. The molecule has 3 heterocycles. The van der Waals surface area contributed by atoms with E-state index in [2.05, 4.69) is 64.2 Å². The third-order valence-corrected chi connectivity index (χ3v) is 6.35. The molecule has 5 rings (SSSR count). The van der Waals surface area contributed by atoms with Gasteiger partial charge in [-0.25, -0.2) is 0 Å². The number of hydrogen-bond acceptors (Lipinski definition) is 3. The second kappa shape index (κ2) is 7.96. The van der Waals surface area contributed by atoms with E-state index in [1.165, 1.54) is 16.8 Å². The highest BCUT2D eigenvalue weighted by atomic mass is 16.5. The van der Waals surface area contributed by atoms with Gasteiger partial charge in [-0.15, -0.1) is 0 Å². The largest absolute Gasteiger partial charge is 0.497 e. The maximum Gasteiger partial charge on any atom is 0.141 e. The zero-order valence-corrected chi connectivity index (χ0v) is 17.0. The quantitative estimate of drug-likeness (QED) is 0.637. The highest BCUT2D eigenvalue weighted by Gasteiger charge is 2.33. The van der Waals surface area contributed by atoms with Crippen molar-refractivity contribution in [3.8, 4) is 11.5 Å². The summed E-state index contributed by atoms with van der Waals surface area (Å²) in [5.41, 5.74) is 3.93. The van der Waals surface area contributed by atoms with Crippen molar-refractivity contribution in [2.24, 2.45) is 5.92 Å². The van der Waals surface area contributed by atoms with Crippen molar-refractivity contribution >= 4 is 0 Å². The molecule has 4 nitrogen and oxygen atoms in total. The predicted octanol–water partition coefficient (Wildman–Crippen LogP) is 4.89. The number of methoxy groups -OCH3 is 1. The minimum atomic E-state index is 0.136. The van der Waals surface area contributed by atoms with Crippen molar-refractivity contribution in [2.75, 3.05) is 20.2 Å². The molecule has 1 aromatic heterocycles. The molecular weight excluding hydrogens is 360 g/mol. The highest BCUT2D eigenvalue weighted by Crippen LogP contribution is 2.39. The first kappa shape index (κ1) is 18.3. The number of hydrogen-bond donors (Lipinski definition) is 0. The van der Waals surface area contributed by atoms with Crippen LogP contribution in [0.15, 0.2) is 66.9 Å². The van der Waals surface area contributed by atoms with E-state index in [1.807, 2.05) is 12.1 Å². The second-order valence-electron chi connectivity index (χ2n) is 8.17. The van der Waals surface area contributed by atoms with Gasteiger partial charge in [-0.05, 0) is 61.8 Å². The number of aromatic nitrogens is 1. The van der Waals surface area contributed by atoms with Gasteiger partial charge in [0.25, 0.3) is 0 Å². The molecule has 0 spiro atoms. The maximum absolute atomic E-state index is 6.61. The van der Waals surface area contributed by atoms with Crippen LogP contribution in [0.4, 0.5) is 0 Å². The van der Waals surface area contributed by atoms with Crippen LogP contribution in [0.3, 0.4) is 0 Å². The molecule has 2 aliphatic heterocycles. The van der Waals surface area contributed by atoms with Crippen LogP contribution in [-0.2, 0) is 13.1 Å². The second-order valence-corrected chi connectivity index (χ2v) is 8.17. The van der Waals surface area contributed by atoms with Gasteiger partial charge in [-0.1, -0.05) is 30.3 Å². The minimum Gasteiger partial charge on any atom is -0.497 e. The molecule has 1 fully saturated rings. The molecule has 1 saturated heterocycles. The molecule has 29 heavy (non-hydrogen) atoms. The Labute approximate surface area is 172 Å². The lowest BCUT2D eigenvalue weighted by molar-refractivity contribution is 0.0716. The molecule has 150 valence electrons. The Hall–Kier alpha value is -2.72. The lowest BCUT2D eigenvalue weighted by Gasteiger charge is -2.36. The van der Waals surface area contributed by atoms with Crippen LogP contribution in [0.5, 0.6) is 11.5 Å². The smallest absolute Gasteiger partial charge is 0.141 e. The highest BCUT2D eigenvalue weighted by molar-refractivity contribution is 5.36. The summed E-state index contributed by atoms with van der Waals surface area (Å²) in [4.78, 5) is 2.56. The molecule has 1 atom stereocenters. The molecule has 0 N–H and O–H groups in total. The molecule has 0 saturated carbocycles. The maximum atomic E-state index is 6.61. The first-order valence-corrected chi connectivity index (χ1v) is 10.5. The van der Waals surface area contributed by atoms with Crippen LogP contribution in [0.1, 0.15) is 35.8 Å². The van der Waals surface area contributed by atoms with Crippen molar-refractivity contribution in [1.82, 2.24) is 9.47 Å². The van der Waals surface area contributed by atoms with E-state index >= 15 is 0 Å². The van der Waals surface area contributed by atoms with Gasteiger partial charge < -0.3 is 14.0 Å². The zero-order chi connectivity index (χ0) is 19.6. The molecule has 2 aliphatic rings. The zero-order valence-electron chi connectivity index (χ0n) is 17.0. The first-order valence-electron chi connectivity index (χ1n) is 10.5. The fourth-order valence-corrected chi connectivity index (χ4v) is 4.70. The Morgan fingerprint density at radius 3 is 2.55 bits per heavy atom. The monoisotopic (exact) mass is 388 g/mol. The summed E-state index contributed by atoms with van der Waals surface area (Å²) < 4.78 is 14.2. The normalized spacial score (nSPS) is 19.7. The van der Waals surface area contributed by atoms with Gasteiger partial charge in [0.2, 0.25) is 0 Å². The van der Waals surface area contributed by atoms with Gasteiger partial charge in [0.15, 0.2) is 0 Å². The Balaban J connectivity index is 1.28. The Bertz CT molecular complexity index is 955. The third-order valence-electron chi connectivity index (χ3n) is 6.35. The summed E-state index contributed by atoms with van der Waals surface area (Å²) in [7, 11) is 1.71. The molecule has 0 amide bonds. The van der Waals surface area contributed by atoms with Crippen molar-refractivity contribution in [1.29, 1.82) is 0 Å². The molecular formula is C25H28N2O2. The fraction of sp³-hybridized carbons (Fsp3) is 0.360. The summed E-state index contributed by atoms with van der Waals surface area (Å²) in [6.45, 7) is 4.12. The third kappa shape index (κ3) is 3.77. The number of para-hydroxylation sites is 1. The van der Waals surface area contributed by atoms with E-state index in [0.29, 0.717) is 5.92 Å². The van der Waals surface area contributed by atoms with Crippen LogP contribution in [0.25, 0.3) is 0 Å². The van der Waals surface area contributed by atoms with Crippen LogP contribution < -0.4 is 9.47 Å². The standard InChI is InChI=1S/C25H28N2O2/c1-28-22-10-8-19(9-11-22)17-26-15-12-20(13-16-26)25-23-6-4-14-27(23)18-21-5-2-3-7-24(21)29-25/h2-11,14,20,25H,12-13,15-18H2,1H3. The Morgan fingerprint density at radius 2 is 1.76 bits per heavy atom. The molecule has 1 unspecified atom stereocenters. The van der Waals surface area contributed by atoms with Gasteiger partial charge in [-0.2, -0.15) is 0 Å². The number of nitrogens with zero attached hydrogens (tertiary/aromatic N) is 2. The van der Waals surface area contributed by atoms with Crippen molar-refractivity contribution < 1.29 is 9.47 Å². The van der Waals surface area contributed by atoms with Crippen LogP contribution in [-0.4, -0.2) is 29.7 Å². The van der Waals surface area contributed by atoms with E-state index in [-0.39, 0.29) is 6.10 Å². The summed E-state index contributed by atoms with van der Waals surface area (Å²) in [5.74, 6) is 2.50. The number of fused-ring (bicyclic) bond motifs is 2. The van der Waals surface area contributed by atoms with Crippen molar-refractivity contribution in [2.45, 2.75) is 32.0 Å². The van der Waals surface area contributed by atoms with E-state index in [4.69, 9.17) is 9.47 Å². The molecule has 2 aromatic carbocycles. The lowest BCUT2D eigenvalue weighted by Crippen LogP contribution is -2.36.